The number of nitrogens with zero attached hydrogens (tertiary/aromatic N) is 1. The van der Waals surface area contributed by atoms with Crippen LogP contribution in [-0.2, 0) is 4.79 Å². The predicted octanol–water partition coefficient (Wildman–Crippen LogP) is 0.995. The third kappa shape index (κ3) is 1.78. The zero-order valence-electron chi connectivity index (χ0n) is 9.12. The van der Waals surface area contributed by atoms with Gasteiger partial charge in [-0.15, -0.1) is 0 Å². The molecule has 1 aliphatic heterocycles. The third-order valence-corrected chi connectivity index (χ3v) is 3.58. The quantitative estimate of drug-likeness (QED) is 0.730. The summed E-state index contributed by atoms with van der Waals surface area (Å²) in [5, 5.41) is 3.40. The lowest BCUT2D eigenvalue weighted by Crippen LogP contribution is -2.48. The Balaban J connectivity index is 2.02. The Morgan fingerprint density at radius 3 is 2.64 bits per heavy atom. The summed E-state index contributed by atoms with van der Waals surface area (Å²) in [5.74, 6) is 1.07. The minimum atomic E-state index is 0.244. The van der Waals surface area contributed by atoms with Crippen LogP contribution in [0, 0.1) is 5.92 Å². The van der Waals surface area contributed by atoms with E-state index < -0.39 is 0 Å². The molecular formula is C11H20N2O. The van der Waals surface area contributed by atoms with Gasteiger partial charge in [0.2, 0.25) is 5.91 Å². The molecule has 0 aromatic carbocycles. The molecule has 80 valence electrons. The minimum absolute atomic E-state index is 0.244. The molecule has 2 atom stereocenters. The van der Waals surface area contributed by atoms with Gasteiger partial charge in [-0.3, -0.25) is 4.79 Å². The van der Waals surface area contributed by atoms with Crippen LogP contribution < -0.4 is 5.32 Å². The van der Waals surface area contributed by atoms with E-state index in [1.165, 1.54) is 25.7 Å². The van der Waals surface area contributed by atoms with E-state index in [4.69, 9.17) is 0 Å². The van der Waals surface area contributed by atoms with E-state index >= 15 is 0 Å². The molecule has 1 saturated heterocycles. The Labute approximate surface area is 85.8 Å². The third-order valence-electron chi connectivity index (χ3n) is 3.58. The van der Waals surface area contributed by atoms with E-state index in [1.807, 2.05) is 7.05 Å². The highest BCUT2D eigenvalue weighted by atomic mass is 16.2. The topological polar surface area (TPSA) is 32.3 Å². The van der Waals surface area contributed by atoms with E-state index in [0.717, 1.165) is 12.5 Å². The molecule has 3 nitrogen and oxygen atoms in total. The first-order chi connectivity index (χ1) is 6.74. The van der Waals surface area contributed by atoms with E-state index in [2.05, 4.69) is 10.2 Å². The molecule has 2 unspecified atom stereocenters. The fourth-order valence-electron chi connectivity index (χ4n) is 2.75. The Bertz CT molecular complexity index is 225. The molecule has 14 heavy (non-hydrogen) atoms. The second-order valence-electron chi connectivity index (χ2n) is 4.57. The molecule has 1 heterocycles. The Kier molecular flexibility index (Phi) is 2.77. The van der Waals surface area contributed by atoms with Crippen LogP contribution in [0.15, 0.2) is 0 Å². The first-order valence-corrected chi connectivity index (χ1v) is 5.68. The SMILES string of the molecule is CNC(C1CC1)C1CCCN1C(C)=O. The summed E-state index contributed by atoms with van der Waals surface area (Å²) < 4.78 is 0. The van der Waals surface area contributed by atoms with Crippen molar-refractivity contribution in [3.8, 4) is 0 Å². The van der Waals surface area contributed by atoms with Gasteiger partial charge in [0.25, 0.3) is 0 Å². The fourth-order valence-corrected chi connectivity index (χ4v) is 2.75. The van der Waals surface area contributed by atoms with Crippen LogP contribution in [0.25, 0.3) is 0 Å². The summed E-state index contributed by atoms with van der Waals surface area (Å²) in [4.78, 5) is 13.5. The van der Waals surface area contributed by atoms with Gasteiger partial charge in [-0.1, -0.05) is 0 Å². The first kappa shape index (κ1) is 9.97. The highest BCUT2D eigenvalue weighted by molar-refractivity contribution is 5.74. The summed E-state index contributed by atoms with van der Waals surface area (Å²) in [6, 6.07) is 1.01. The molecule has 0 aromatic heterocycles. The Morgan fingerprint density at radius 2 is 2.14 bits per heavy atom. The normalized spacial score (nSPS) is 29.3. The van der Waals surface area contributed by atoms with Crippen molar-refractivity contribution >= 4 is 5.91 Å². The van der Waals surface area contributed by atoms with E-state index in [9.17, 15) is 4.79 Å². The van der Waals surface area contributed by atoms with Gasteiger partial charge in [-0.2, -0.15) is 0 Å². The lowest BCUT2D eigenvalue weighted by atomic mass is 10.0. The first-order valence-electron chi connectivity index (χ1n) is 5.68. The summed E-state index contributed by atoms with van der Waals surface area (Å²) in [6.07, 6.45) is 5.04. The van der Waals surface area contributed by atoms with Crippen molar-refractivity contribution in [2.45, 2.75) is 44.7 Å². The zero-order valence-corrected chi connectivity index (χ0v) is 9.12. The summed E-state index contributed by atoms with van der Waals surface area (Å²) >= 11 is 0. The average Bonchev–Trinajstić information content (AvgIpc) is 2.84. The molecule has 1 saturated carbocycles. The fraction of sp³-hybridized carbons (Fsp3) is 0.909. The summed E-state index contributed by atoms with van der Waals surface area (Å²) in [6.45, 7) is 2.66. The zero-order chi connectivity index (χ0) is 10.1. The molecule has 0 aromatic rings. The maximum Gasteiger partial charge on any atom is 0.219 e. The molecule has 0 bridgehead atoms. The number of hydrogen-bond acceptors (Lipinski definition) is 2. The number of likely N-dealkylation sites (tertiary alicyclic amines) is 1. The maximum absolute atomic E-state index is 11.4. The molecule has 2 fully saturated rings. The standard InChI is InChI=1S/C11H20N2O/c1-8(14)13-7-3-4-10(13)11(12-2)9-5-6-9/h9-12H,3-7H2,1-2H3. The van der Waals surface area contributed by atoms with Crippen molar-refractivity contribution in [1.29, 1.82) is 0 Å². The smallest absolute Gasteiger partial charge is 0.219 e. The van der Waals surface area contributed by atoms with Crippen molar-refractivity contribution in [1.82, 2.24) is 10.2 Å². The van der Waals surface area contributed by atoms with Gasteiger partial charge in [0.1, 0.15) is 0 Å². The molecule has 0 radical (unpaired) electrons. The van der Waals surface area contributed by atoms with Crippen molar-refractivity contribution in [2.24, 2.45) is 5.92 Å². The molecule has 1 amide bonds. The summed E-state index contributed by atoms with van der Waals surface area (Å²) in [5.41, 5.74) is 0. The number of carbonyl (C=O) groups is 1. The molecule has 0 spiro atoms. The van der Waals surface area contributed by atoms with Gasteiger partial charge in [0.15, 0.2) is 0 Å². The van der Waals surface area contributed by atoms with Crippen molar-refractivity contribution in [3.05, 3.63) is 0 Å². The largest absolute Gasteiger partial charge is 0.338 e. The maximum atomic E-state index is 11.4. The molecular weight excluding hydrogens is 176 g/mol. The number of likely N-dealkylation sites (N-methyl/N-ethyl adjacent to an activating group) is 1. The molecule has 1 N–H and O–H groups in total. The lowest BCUT2D eigenvalue weighted by Gasteiger charge is -2.31. The van der Waals surface area contributed by atoms with Gasteiger partial charge in [-0.05, 0) is 38.6 Å². The van der Waals surface area contributed by atoms with Gasteiger partial charge in [-0.25, -0.2) is 0 Å². The van der Waals surface area contributed by atoms with Crippen molar-refractivity contribution in [3.63, 3.8) is 0 Å². The number of nitrogens with one attached hydrogen (secondary N) is 1. The van der Waals surface area contributed by atoms with Crippen molar-refractivity contribution < 1.29 is 4.79 Å². The van der Waals surface area contributed by atoms with Crippen molar-refractivity contribution in [2.75, 3.05) is 13.6 Å². The lowest BCUT2D eigenvalue weighted by molar-refractivity contribution is -0.130. The monoisotopic (exact) mass is 196 g/mol. The van der Waals surface area contributed by atoms with Crippen LogP contribution in [0.4, 0.5) is 0 Å². The number of rotatable bonds is 3. The van der Waals surface area contributed by atoms with Crippen LogP contribution in [0.5, 0.6) is 0 Å². The van der Waals surface area contributed by atoms with Gasteiger partial charge in [0, 0.05) is 25.6 Å². The van der Waals surface area contributed by atoms with E-state index in [1.54, 1.807) is 6.92 Å². The highest BCUT2D eigenvalue weighted by Crippen LogP contribution is 2.37. The number of amides is 1. The van der Waals surface area contributed by atoms with Crippen LogP contribution in [-0.4, -0.2) is 36.5 Å². The molecule has 2 aliphatic rings. The highest BCUT2D eigenvalue weighted by Gasteiger charge is 2.40. The van der Waals surface area contributed by atoms with E-state index in [0.29, 0.717) is 12.1 Å². The molecule has 2 rings (SSSR count). The average molecular weight is 196 g/mol. The molecule has 1 aliphatic carbocycles. The predicted molar refractivity (Wildman–Crippen MR) is 56.0 cm³/mol. The minimum Gasteiger partial charge on any atom is -0.338 e. The van der Waals surface area contributed by atoms with Crippen LogP contribution in [0.2, 0.25) is 0 Å². The van der Waals surface area contributed by atoms with Gasteiger partial charge < -0.3 is 10.2 Å². The Morgan fingerprint density at radius 1 is 1.43 bits per heavy atom. The molecule has 3 heteroatoms. The van der Waals surface area contributed by atoms with Crippen LogP contribution in [0.1, 0.15) is 32.6 Å². The second kappa shape index (κ2) is 3.89. The summed E-state index contributed by atoms with van der Waals surface area (Å²) in [7, 11) is 2.03. The number of hydrogen-bond donors (Lipinski definition) is 1. The van der Waals surface area contributed by atoms with E-state index in [-0.39, 0.29) is 5.91 Å². The number of carbonyl (C=O) groups excluding carboxylic acids is 1. The Hall–Kier alpha value is -0.570. The van der Waals surface area contributed by atoms with Crippen LogP contribution in [0.3, 0.4) is 0 Å². The second-order valence-corrected chi connectivity index (χ2v) is 4.57. The van der Waals surface area contributed by atoms with Gasteiger partial charge >= 0.3 is 0 Å². The van der Waals surface area contributed by atoms with Gasteiger partial charge in [0.05, 0.1) is 0 Å². The van der Waals surface area contributed by atoms with Crippen LogP contribution >= 0.6 is 0 Å².